The van der Waals surface area contributed by atoms with E-state index in [0.717, 1.165) is 50.6 Å². The normalized spacial score (nSPS) is 18.2. The van der Waals surface area contributed by atoms with Crippen molar-refractivity contribution in [3.8, 4) is 11.5 Å². The zero-order chi connectivity index (χ0) is 14.2. The van der Waals surface area contributed by atoms with E-state index >= 15 is 0 Å². The van der Waals surface area contributed by atoms with Crippen LogP contribution in [0.1, 0.15) is 31.7 Å². The van der Waals surface area contributed by atoms with Gasteiger partial charge in [-0.05, 0) is 25.5 Å². The maximum atomic E-state index is 5.93. The van der Waals surface area contributed by atoms with Crippen molar-refractivity contribution in [3.05, 3.63) is 23.8 Å². The van der Waals surface area contributed by atoms with Gasteiger partial charge in [-0.25, -0.2) is 0 Å². The molecule has 1 fully saturated rings. The molecule has 1 aliphatic rings. The maximum absolute atomic E-state index is 5.93. The lowest BCUT2D eigenvalue weighted by atomic mass is 10.1. The average Bonchev–Trinajstić information content (AvgIpc) is 2.99. The van der Waals surface area contributed by atoms with Gasteiger partial charge in [-0.1, -0.05) is 25.5 Å². The van der Waals surface area contributed by atoms with Gasteiger partial charge in [0.05, 0.1) is 13.7 Å². The highest BCUT2D eigenvalue weighted by Gasteiger charge is 2.15. The number of ether oxygens (including phenoxy) is 2. The first kappa shape index (κ1) is 15.1. The van der Waals surface area contributed by atoms with E-state index in [4.69, 9.17) is 9.47 Å². The molecule has 1 heterocycles. The molecule has 0 radical (unpaired) electrons. The molecule has 0 amide bonds. The predicted molar refractivity (Wildman–Crippen MR) is 81.5 cm³/mol. The molecule has 0 aliphatic carbocycles. The van der Waals surface area contributed by atoms with Crippen molar-refractivity contribution in [2.45, 2.75) is 38.8 Å². The molecular weight excluding hydrogens is 252 g/mol. The Morgan fingerprint density at radius 2 is 2.30 bits per heavy atom. The zero-order valence-corrected chi connectivity index (χ0v) is 12.6. The SMILES string of the molecule is CCCCOc1c(CN[C@@H]2CCNC2)cccc1OC. The van der Waals surface area contributed by atoms with Crippen molar-refractivity contribution in [3.63, 3.8) is 0 Å². The summed E-state index contributed by atoms with van der Waals surface area (Å²) >= 11 is 0. The molecule has 0 aromatic heterocycles. The quantitative estimate of drug-likeness (QED) is 0.716. The molecule has 4 heteroatoms. The first-order chi connectivity index (χ1) is 9.85. The molecule has 4 nitrogen and oxygen atoms in total. The highest BCUT2D eigenvalue weighted by molar-refractivity contribution is 5.46. The molecule has 1 aromatic carbocycles. The summed E-state index contributed by atoms with van der Waals surface area (Å²) in [5, 5.41) is 6.95. The van der Waals surface area contributed by atoms with Crippen molar-refractivity contribution in [1.29, 1.82) is 0 Å². The average molecular weight is 278 g/mol. The first-order valence-corrected chi connectivity index (χ1v) is 7.58. The van der Waals surface area contributed by atoms with Crippen molar-refractivity contribution < 1.29 is 9.47 Å². The smallest absolute Gasteiger partial charge is 0.165 e. The number of nitrogens with one attached hydrogen (secondary N) is 2. The Kier molecular flexibility index (Phi) is 6.15. The summed E-state index contributed by atoms with van der Waals surface area (Å²) in [5.41, 5.74) is 1.17. The molecule has 1 aliphatic heterocycles. The van der Waals surface area contributed by atoms with E-state index < -0.39 is 0 Å². The van der Waals surface area contributed by atoms with Crippen molar-refractivity contribution in [2.75, 3.05) is 26.8 Å². The van der Waals surface area contributed by atoms with Gasteiger partial charge < -0.3 is 20.1 Å². The molecule has 0 unspecified atom stereocenters. The number of unbranched alkanes of at least 4 members (excludes halogenated alkanes) is 1. The van der Waals surface area contributed by atoms with Gasteiger partial charge in [0.2, 0.25) is 0 Å². The van der Waals surface area contributed by atoms with Gasteiger partial charge in [0, 0.05) is 24.7 Å². The third kappa shape index (κ3) is 4.12. The molecule has 20 heavy (non-hydrogen) atoms. The van der Waals surface area contributed by atoms with Gasteiger partial charge in [-0.15, -0.1) is 0 Å². The zero-order valence-electron chi connectivity index (χ0n) is 12.6. The van der Waals surface area contributed by atoms with Crippen LogP contribution in [0.5, 0.6) is 11.5 Å². The van der Waals surface area contributed by atoms with Crippen LogP contribution >= 0.6 is 0 Å². The van der Waals surface area contributed by atoms with E-state index in [1.54, 1.807) is 7.11 Å². The van der Waals surface area contributed by atoms with Crippen LogP contribution in [0.2, 0.25) is 0 Å². The number of hydrogen-bond donors (Lipinski definition) is 2. The van der Waals surface area contributed by atoms with Crippen molar-refractivity contribution >= 4 is 0 Å². The van der Waals surface area contributed by atoms with Gasteiger partial charge in [0.1, 0.15) is 0 Å². The Balaban J connectivity index is 2.00. The summed E-state index contributed by atoms with van der Waals surface area (Å²) in [6.07, 6.45) is 3.39. The van der Waals surface area contributed by atoms with Gasteiger partial charge >= 0.3 is 0 Å². The highest BCUT2D eigenvalue weighted by atomic mass is 16.5. The van der Waals surface area contributed by atoms with Crippen LogP contribution in [-0.2, 0) is 6.54 Å². The van der Waals surface area contributed by atoms with Crippen LogP contribution in [-0.4, -0.2) is 32.8 Å². The molecular formula is C16H26N2O2. The summed E-state index contributed by atoms with van der Waals surface area (Å²) < 4.78 is 11.4. The third-order valence-electron chi connectivity index (χ3n) is 3.67. The fraction of sp³-hybridized carbons (Fsp3) is 0.625. The second kappa shape index (κ2) is 8.12. The molecule has 0 saturated carbocycles. The Morgan fingerprint density at radius 1 is 1.40 bits per heavy atom. The first-order valence-electron chi connectivity index (χ1n) is 7.58. The van der Waals surface area contributed by atoms with E-state index in [9.17, 15) is 0 Å². The Labute approximate surface area is 121 Å². The van der Waals surface area contributed by atoms with Crippen LogP contribution < -0.4 is 20.1 Å². The molecule has 2 rings (SSSR count). The molecule has 1 saturated heterocycles. The summed E-state index contributed by atoms with van der Waals surface area (Å²) in [6, 6.07) is 6.65. The van der Waals surface area contributed by atoms with E-state index in [0.29, 0.717) is 6.04 Å². The fourth-order valence-electron chi connectivity index (χ4n) is 2.43. The summed E-state index contributed by atoms with van der Waals surface area (Å²) in [7, 11) is 1.69. The topological polar surface area (TPSA) is 42.5 Å². The number of hydrogen-bond acceptors (Lipinski definition) is 4. The van der Waals surface area contributed by atoms with Crippen LogP contribution in [0.25, 0.3) is 0 Å². The van der Waals surface area contributed by atoms with E-state index in [1.807, 2.05) is 12.1 Å². The predicted octanol–water partition coefficient (Wildman–Crippen LogP) is 2.33. The second-order valence-corrected chi connectivity index (χ2v) is 5.22. The van der Waals surface area contributed by atoms with Gasteiger partial charge in [-0.2, -0.15) is 0 Å². The van der Waals surface area contributed by atoms with E-state index in [-0.39, 0.29) is 0 Å². The number of benzene rings is 1. The van der Waals surface area contributed by atoms with Gasteiger partial charge in [-0.3, -0.25) is 0 Å². The minimum atomic E-state index is 0.560. The number of rotatable bonds is 8. The van der Waals surface area contributed by atoms with Crippen LogP contribution in [0.4, 0.5) is 0 Å². The van der Waals surface area contributed by atoms with Crippen LogP contribution in [0.15, 0.2) is 18.2 Å². The largest absolute Gasteiger partial charge is 0.493 e. The third-order valence-corrected chi connectivity index (χ3v) is 3.67. The standard InChI is InChI=1S/C16H26N2O2/c1-3-4-10-20-16-13(6-5-7-15(16)19-2)11-18-14-8-9-17-12-14/h5-7,14,17-18H,3-4,8-12H2,1-2H3/t14-/m1/s1. The Bertz CT molecular complexity index is 403. The lowest BCUT2D eigenvalue weighted by Gasteiger charge is -2.17. The molecule has 1 atom stereocenters. The minimum Gasteiger partial charge on any atom is -0.493 e. The van der Waals surface area contributed by atoms with Gasteiger partial charge in [0.15, 0.2) is 11.5 Å². The summed E-state index contributed by atoms with van der Waals surface area (Å²) in [5.74, 6) is 1.71. The molecule has 2 N–H and O–H groups in total. The Morgan fingerprint density at radius 3 is 3.00 bits per heavy atom. The van der Waals surface area contributed by atoms with Crippen molar-refractivity contribution in [1.82, 2.24) is 10.6 Å². The molecule has 1 aromatic rings. The molecule has 0 bridgehead atoms. The summed E-state index contributed by atoms with van der Waals surface area (Å²) in [4.78, 5) is 0. The number of methoxy groups -OCH3 is 1. The van der Waals surface area contributed by atoms with Crippen molar-refractivity contribution in [2.24, 2.45) is 0 Å². The summed E-state index contributed by atoms with van der Waals surface area (Å²) in [6.45, 7) is 5.90. The van der Waals surface area contributed by atoms with E-state index in [1.165, 1.54) is 12.0 Å². The fourth-order valence-corrected chi connectivity index (χ4v) is 2.43. The minimum absolute atomic E-state index is 0.560. The second-order valence-electron chi connectivity index (χ2n) is 5.22. The lowest BCUT2D eigenvalue weighted by Crippen LogP contribution is -2.30. The highest BCUT2D eigenvalue weighted by Crippen LogP contribution is 2.31. The Hall–Kier alpha value is -1.26. The van der Waals surface area contributed by atoms with Crippen LogP contribution in [0, 0.1) is 0 Å². The molecule has 0 spiro atoms. The van der Waals surface area contributed by atoms with E-state index in [2.05, 4.69) is 23.6 Å². The van der Waals surface area contributed by atoms with Gasteiger partial charge in [0.25, 0.3) is 0 Å². The number of para-hydroxylation sites is 1. The molecule has 112 valence electrons. The maximum Gasteiger partial charge on any atom is 0.165 e. The lowest BCUT2D eigenvalue weighted by molar-refractivity contribution is 0.284. The monoisotopic (exact) mass is 278 g/mol. The van der Waals surface area contributed by atoms with Crippen LogP contribution in [0.3, 0.4) is 0 Å².